The monoisotopic (exact) mass is 404 g/mol. The van der Waals surface area contributed by atoms with Gasteiger partial charge in [0.1, 0.15) is 0 Å². The highest BCUT2D eigenvalue weighted by molar-refractivity contribution is 6.07. The molecular formula is C20H22Cl2N4O. The molecule has 1 saturated heterocycles. The molecule has 1 aromatic carbocycles. The molecule has 1 aliphatic heterocycles. The first-order valence-corrected chi connectivity index (χ1v) is 8.63. The van der Waals surface area contributed by atoms with Crippen LogP contribution in [0.25, 0.3) is 22.2 Å². The third-order valence-electron chi connectivity index (χ3n) is 4.57. The molecule has 2 aromatic heterocycles. The number of hydrogen-bond donors (Lipinski definition) is 2. The maximum Gasteiger partial charge on any atom is 0.252 e. The molecule has 0 radical (unpaired) electrons. The van der Waals surface area contributed by atoms with Crippen molar-refractivity contribution >= 4 is 41.6 Å². The van der Waals surface area contributed by atoms with Crippen LogP contribution in [0.1, 0.15) is 23.2 Å². The van der Waals surface area contributed by atoms with Crippen molar-refractivity contribution in [1.82, 2.24) is 20.6 Å². The lowest BCUT2D eigenvalue weighted by Gasteiger charge is -2.24. The number of pyridine rings is 2. The van der Waals surface area contributed by atoms with Gasteiger partial charge in [-0.15, -0.1) is 24.8 Å². The van der Waals surface area contributed by atoms with E-state index in [0.717, 1.165) is 48.1 Å². The van der Waals surface area contributed by atoms with Crippen LogP contribution in [-0.2, 0) is 0 Å². The van der Waals surface area contributed by atoms with Gasteiger partial charge in [-0.1, -0.05) is 18.2 Å². The van der Waals surface area contributed by atoms with Gasteiger partial charge in [-0.2, -0.15) is 0 Å². The zero-order valence-corrected chi connectivity index (χ0v) is 16.4. The van der Waals surface area contributed by atoms with Crippen LogP contribution in [0.3, 0.4) is 0 Å². The molecule has 0 bridgehead atoms. The minimum absolute atomic E-state index is 0. The second kappa shape index (κ2) is 9.65. The molecule has 1 fully saturated rings. The molecule has 5 nitrogen and oxygen atoms in total. The minimum atomic E-state index is -0.0393. The highest BCUT2D eigenvalue weighted by Gasteiger charge is 2.19. The second-order valence-electron chi connectivity index (χ2n) is 6.32. The molecule has 3 heterocycles. The summed E-state index contributed by atoms with van der Waals surface area (Å²) in [5, 5.41) is 7.37. The minimum Gasteiger partial charge on any atom is -0.348 e. The highest BCUT2D eigenvalue weighted by atomic mass is 35.5. The van der Waals surface area contributed by atoms with Crippen molar-refractivity contribution in [2.24, 2.45) is 0 Å². The van der Waals surface area contributed by atoms with Gasteiger partial charge in [0.05, 0.1) is 16.8 Å². The van der Waals surface area contributed by atoms with Gasteiger partial charge in [0.2, 0.25) is 0 Å². The van der Waals surface area contributed by atoms with Crippen LogP contribution >= 0.6 is 24.8 Å². The normalized spacial score (nSPS) is 16.1. The van der Waals surface area contributed by atoms with Crippen molar-refractivity contribution < 1.29 is 4.79 Å². The molecule has 0 saturated carbocycles. The average Bonchev–Trinajstić information content (AvgIpc) is 2.68. The lowest BCUT2D eigenvalue weighted by molar-refractivity contribution is 0.0932. The van der Waals surface area contributed by atoms with Gasteiger partial charge < -0.3 is 10.6 Å². The molecule has 0 unspecified atom stereocenters. The fourth-order valence-corrected chi connectivity index (χ4v) is 3.27. The van der Waals surface area contributed by atoms with E-state index in [-0.39, 0.29) is 36.8 Å². The van der Waals surface area contributed by atoms with Crippen molar-refractivity contribution in [3.05, 3.63) is 60.4 Å². The fourth-order valence-electron chi connectivity index (χ4n) is 3.27. The summed E-state index contributed by atoms with van der Waals surface area (Å²) in [5.74, 6) is -0.0393. The van der Waals surface area contributed by atoms with Gasteiger partial charge in [0, 0.05) is 35.9 Å². The number of benzene rings is 1. The van der Waals surface area contributed by atoms with E-state index < -0.39 is 0 Å². The summed E-state index contributed by atoms with van der Waals surface area (Å²) in [6, 6.07) is 13.6. The lowest BCUT2D eigenvalue weighted by atomic mass is 10.0. The molecule has 0 spiro atoms. The van der Waals surface area contributed by atoms with Crippen LogP contribution in [0.15, 0.2) is 54.9 Å². The number of nitrogens with one attached hydrogen (secondary N) is 2. The smallest absolute Gasteiger partial charge is 0.252 e. The number of carbonyl (C=O) groups is 1. The van der Waals surface area contributed by atoms with E-state index in [9.17, 15) is 4.79 Å². The third kappa shape index (κ3) is 4.75. The number of carbonyl (C=O) groups excluding carboxylic acids is 1. The molecule has 4 rings (SSSR count). The Morgan fingerprint density at radius 1 is 1.11 bits per heavy atom. The zero-order chi connectivity index (χ0) is 17.1. The number of aromatic nitrogens is 2. The molecule has 142 valence electrons. The second-order valence-corrected chi connectivity index (χ2v) is 6.32. The molecule has 27 heavy (non-hydrogen) atoms. The lowest BCUT2D eigenvalue weighted by Crippen LogP contribution is -2.45. The van der Waals surface area contributed by atoms with Crippen molar-refractivity contribution in [1.29, 1.82) is 0 Å². The van der Waals surface area contributed by atoms with E-state index in [1.54, 1.807) is 12.4 Å². The van der Waals surface area contributed by atoms with Crippen LogP contribution in [0.2, 0.25) is 0 Å². The Hall–Kier alpha value is -2.21. The number of halogens is 2. The number of rotatable bonds is 3. The summed E-state index contributed by atoms with van der Waals surface area (Å²) >= 11 is 0. The summed E-state index contributed by atoms with van der Waals surface area (Å²) in [5.41, 5.74) is 3.23. The van der Waals surface area contributed by atoms with E-state index in [2.05, 4.69) is 15.6 Å². The van der Waals surface area contributed by atoms with Crippen LogP contribution in [0, 0.1) is 0 Å². The van der Waals surface area contributed by atoms with E-state index in [0.29, 0.717) is 5.56 Å². The largest absolute Gasteiger partial charge is 0.348 e. The standard InChI is InChI=1S/C20H20N4O.2ClH/c25-20(23-15-4-3-9-22-13-15)17-12-19(14-7-10-21-11-8-14)24-18-6-2-1-5-16(17)18;;/h1-2,5-8,10-12,15,22H,3-4,9,13H2,(H,23,25);2*1H/t15-;;/m0../s1. The first-order chi connectivity index (χ1) is 12.3. The van der Waals surface area contributed by atoms with Gasteiger partial charge in [-0.05, 0) is 43.7 Å². The summed E-state index contributed by atoms with van der Waals surface area (Å²) in [6.07, 6.45) is 5.57. The van der Waals surface area contributed by atoms with Crippen molar-refractivity contribution in [2.75, 3.05) is 13.1 Å². The van der Waals surface area contributed by atoms with Crippen LogP contribution in [-0.4, -0.2) is 35.0 Å². The number of piperidine rings is 1. The summed E-state index contributed by atoms with van der Waals surface area (Å²) in [6.45, 7) is 1.85. The maximum absolute atomic E-state index is 12.9. The summed E-state index contributed by atoms with van der Waals surface area (Å²) in [7, 11) is 0. The van der Waals surface area contributed by atoms with Crippen molar-refractivity contribution in [3.63, 3.8) is 0 Å². The van der Waals surface area contributed by atoms with Gasteiger partial charge in [-0.25, -0.2) is 4.98 Å². The predicted octanol–water partition coefficient (Wildman–Crippen LogP) is 3.62. The Balaban J connectivity index is 0.00000131. The molecule has 1 atom stereocenters. The molecular weight excluding hydrogens is 383 g/mol. The molecule has 2 N–H and O–H groups in total. The first-order valence-electron chi connectivity index (χ1n) is 8.63. The summed E-state index contributed by atoms with van der Waals surface area (Å²) < 4.78 is 0. The van der Waals surface area contributed by atoms with E-state index in [4.69, 9.17) is 4.98 Å². The highest BCUT2D eigenvalue weighted by Crippen LogP contribution is 2.24. The van der Waals surface area contributed by atoms with Gasteiger partial charge in [0.15, 0.2) is 0 Å². The summed E-state index contributed by atoms with van der Waals surface area (Å²) in [4.78, 5) is 21.7. The quantitative estimate of drug-likeness (QED) is 0.699. The number of nitrogens with zero attached hydrogens (tertiary/aromatic N) is 2. The number of fused-ring (bicyclic) bond motifs is 1. The Morgan fingerprint density at radius 2 is 1.89 bits per heavy atom. The molecule has 7 heteroatoms. The Kier molecular flexibility index (Phi) is 7.54. The Morgan fingerprint density at radius 3 is 2.63 bits per heavy atom. The maximum atomic E-state index is 12.9. The number of amides is 1. The van der Waals surface area contributed by atoms with Gasteiger partial charge in [0.25, 0.3) is 5.91 Å². The molecule has 1 aliphatic rings. The van der Waals surface area contributed by atoms with Crippen molar-refractivity contribution in [2.45, 2.75) is 18.9 Å². The molecule has 0 aliphatic carbocycles. The Labute approximate surface area is 170 Å². The predicted molar refractivity (Wildman–Crippen MR) is 113 cm³/mol. The van der Waals surface area contributed by atoms with Crippen LogP contribution in [0.4, 0.5) is 0 Å². The third-order valence-corrected chi connectivity index (χ3v) is 4.57. The van der Waals surface area contributed by atoms with E-state index >= 15 is 0 Å². The molecule has 1 amide bonds. The first kappa shape index (κ1) is 21.1. The topological polar surface area (TPSA) is 66.9 Å². The van der Waals surface area contributed by atoms with E-state index in [1.807, 2.05) is 42.5 Å². The van der Waals surface area contributed by atoms with Crippen LogP contribution < -0.4 is 10.6 Å². The van der Waals surface area contributed by atoms with E-state index in [1.165, 1.54) is 0 Å². The van der Waals surface area contributed by atoms with Gasteiger partial charge in [-0.3, -0.25) is 9.78 Å². The van der Waals surface area contributed by atoms with Crippen molar-refractivity contribution in [3.8, 4) is 11.3 Å². The number of para-hydroxylation sites is 1. The average molecular weight is 405 g/mol. The number of hydrogen-bond acceptors (Lipinski definition) is 4. The SMILES string of the molecule is Cl.Cl.O=C(N[C@H]1CCCNC1)c1cc(-c2ccncc2)nc2ccccc12. The van der Waals surface area contributed by atoms with Gasteiger partial charge >= 0.3 is 0 Å². The Bertz CT molecular complexity index is 899. The zero-order valence-electron chi connectivity index (χ0n) is 14.7. The van der Waals surface area contributed by atoms with Crippen LogP contribution in [0.5, 0.6) is 0 Å². The fraction of sp³-hybridized carbons (Fsp3) is 0.250. The molecule has 3 aromatic rings.